The second kappa shape index (κ2) is 7.14. The molecule has 19 heavy (non-hydrogen) atoms. The Bertz CT molecular complexity index is 403. The Labute approximate surface area is 115 Å². The third kappa shape index (κ3) is 4.91. The monoisotopic (exact) mass is 264 g/mol. The molecule has 0 aliphatic carbocycles. The summed E-state index contributed by atoms with van der Waals surface area (Å²) in [6, 6.07) is 7.62. The van der Waals surface area contributed by atoms with Crippen molar-refractivity contribution in [1.29, 1.82) is 0 Å². The maximum Gasteiger partial charge on any atom is 0.223 e. The maximum atomic E-state index is 11.5. The van der Waals surface area contributed by atoms with Crippen molar-refractivity contribution in [2.75, 3.05) is 20.6 Å². The zero-order valence-electron chi connectivity index (χ0n) is 12.2. The molecule has 0 aliphatic rings. The molecule has 2 N–H and O–H groups in total. The lowest BCUT2D eigenvalue weighted by Crippen LogP contribution is -2.39. The van der Waals surface area contributed by atoms with E-state index in [9.17, 15) is 9.90 Å². The lowest BCUT2D eigenvalue weighted by Gasteiger charge is -2.27. The Morgan fingerprint density at radius 3 is 2.42 bits per heavy atom. The summed E-state index contributed by atoms with van der Waals surface area (Å²) in [6.07, 6.45) is 0.900. The van der Waals surface area contributed by atoms with Gasteiger partial charge in [0.15, 0.2) is 0 Å². The van der Waals surface area contributed by atoms with E-state index >= 15 is 0 Å². The summed E-state index contributed by atoms with van der Waals surface area (Å²) in [5.41, 5.74) is 1.18. The van der Waals surface area contributed by atoms with E-state index in [0.29, 0.717) is 6.04 Å². The van der Waals surface area contributed by atoms with Gasteiger partial charge in [-0.05, 0) is 38.1 Å². The van der Waals surface area contributed by atoms with Gasteiger partial charge in [-0.3, -0.25) is 4.79 Å². The molecule has 0 heterocycles. The van der Waals surface area contributed by atoms with Crippen LogP contribution in [0.1, 0.15) is 19.4 Å². The highest BCUT2D eigenvalue weighted by Crippen LogP contribution is 2.13. The quantitative estimate of drug-likeness (QED) is 0.821. The van der Waals surface area contributed by atoms with Gasteiger partial charge in [-0.1, -0.05) is 19.1 Å². The number of hydrogen-bond acceptors (Lipinski definition) is 3. The van der Waals surface area contributed by atoms with Gasteiger partial charge in [0.1, 0.15) is 5.75 Å². The number of amides is 1. The SMILES string of the molecule is CNC(=O)C(C)CN(C)C(C)Cc1ccc(O)cc1. The first-order valence-electron chi connectivity index (χ1n) is 6.63. The van der Waals surface area contributed by atoms with Gasteiger partial charge in [-0.15, -0.1) is 0 Å². The van der Waals surface area contributed by atoms with Gasteiger partial charge < -0.3 is 15.3 Å². The Morgan fingerprint density at radius 1 is 1.32 bits per heavy atom. The molecule has 2 unspecified atom stereocenters. The van der Waals surface area contributed by atoms with Crippen LogP contribution in [0.15, 0.2) is 24.3 Å². The van der Waals surface area contributed by atoms with Crippen molar-refractivity contribution in [3.05, 3.63) is 29.8 Å². The number of carbonyl (C=O) groups excluding carboxylic acids is 1. The lowest BCUT2D eigenvalue weighted by molar-refractivity contribution is -0.124. The highest BCUT2D eigenvalue weighted by atomic mass is 16.3. The summed E-state index contributed by atoms with van der Waals surface area (Å²) in [5, 5.41) is 11.9. The van der Waals surface area contributed by atoms with Crippen LogP contribution < -0.4 is 5.32 Å². The van der Waals surface area contributed by atoms with Crippen LogP contribution in [0.4, 0.5) is 0 Å². The largest absolute Gasteiger partial charge is 0.508 e. The summed E-state index contributed by atoms with van der Waals surface area (Å²) < 4.78 is 0. The minimum Gasteiger partial charge on any atom is -0.508 e. The zero-order valence-corrected chi connectivity index (χ0v) is 12.2. The molecule has 0 fully saturated rings. The van der Waals surface area contributed by atoms with Crippen molar-refractivity contribution < 1.29 is 9.90 Å². The summed E-state index contributed by atoms with van der Waals surface area (Å²) in [7, 11) is 3.70. The molecular weight excluding hydrogens is 240 g/mol. The summed E-state index contributed by atoms with van der Waals surface area (Å²) in [6.45, 7) is 4.81. The van der Waals surface area contributed by atoms with Gasteiger partial charge in [0.2, 0.25) is 5.91 Å². The van der Waals surface area contributed by atoms with Crippen molar-refractivity contribution in [3.8, 4) is 5.75 Å². The topological polar surface area (TPSA) is 52.6 Å². The Hall–Kier alpha value is -1.55. The van der Waals surface area contributed by atoms with E-state index in [0.717, 1.165) is 13.0 Å². The molecule has 0 bridgehead atoms. The molecule has 0 spiro atoms. The van der Waals surface area contributed by atoms with Crippen molar-refractivity contribution >= 4 is 5.91 Å². The fraction of sp³-hybridized carbons (Fsp3) is 0.533. The number of benzene rings is 1. The van der Waals surface area contributed by atoms with Crippen LogP contribution in [-0.2, 0) is 11.2 Å². The van der Waals surface area contributed by atoms with E-state index in [2.05, 4.69) is 17.1 Å². The highest BCUT2D eigenvalue weighted by molar-refractivity contribution is 5.78. The molecule has 1 rings (SSSR count). The Kier molecular flexibility index (Phi) is 5.83. The number of phenols is 1. The molecule has 0 saturated heterocycles. The average Bonchev–Trinajstić information content (AvgIpc) is 2.40. The third-order valence-electron chi connectivity index (χ3n) is 3.48. The van der Waals surface area contributed by atoms with E-state index < -0.39 is 0 Å². The molecule has 1 amide bonds. The predicted octanol–water partition coefficient (Wildman–Crippen LogP) is 1.64. The van der Waals surface area contributed by atoms with Crippen LogP contribution in [0.5, 0.6) is 5.75 Å². The number of aromatic hydroxyl groups is 1. The minimum atomic E-state index is -0.0164. The number of nitrogens with one attached hydrogen (secondary N) is 1. The maximum absolute atomic E-state index is 11.5. The second-order valence-electron chi connectivity index (χ2n) is 5.17. The van der Waals surface area contributed by atoms with E-state index in [1.54, 1.807) is 19.2 Å². The average molecular weight is 264 g/mol. The summed E-state index contributed by atoms with van der Waals surface area (Å²) in [4.78, 5) is 13.7. The third-order valence-corrected chi connectivity index (χ3v) is 3.48. The van der Waals surface area contributed by atoms with Gasteiger partial charge in [0.05, 0.1) is 0 Å². The zero-order chi connectivity index (χ0) is 14.4. The fourth-order valence-electron chi connectivity index (χ4n) is 2.07. The molecule has 0 aromatic heterocycles. The number of carbonyl (C=O) groups is 1. The van der Waals surface area contributed by atoms with Gasteiger partial charge in [0, 0.05) is 25.6 Å². The van der Waals surface area contributed by atoms with Crippen LogP contribution in [0.3, 0.4) is 0 Å². The number of hydrogen-bond donors (Lipinski definition) is 2. The smallest absolute Gasteiger partial charge is 0.223 e. The van der Waals surface area contributed by atoms with Gasteiger partial charge in [-0.25, -0.2) is 0 Å². The molecule has 1 aromatic rings. The van der Waals surface area contributed by atoms with Gasteiger partial charge in [0.25, 0.3) is 0 Å². The molecule has 4 nitrogen and oxygen atoms in total. The number of rotatable bonds is 6. The minimum absolute atomic E-state index is 0.0164. The Balaban J connectivity index is 2.50. The predicted molar refractivity (Wildman–Crippen MR) is 77.1 cm³/mol. The molecular formula is C15H24N2O2. The number of phenolic OH excluding ortho intramolecular Hbond substituents is 1. The highest BCUT2D eigenvalue weighted by Gasteiger charge is 2.17. The first-order valence-corrected chi connectivity index (χ1v) is 6.63. The molecule has 0 aliphatic heterocycles. The van der Waals surface area contributed by atoms with Crippen molar-refractivity contribution in [2.45, 2.75) is 26.3 Å². The van der Waals surface area contributed by atoms with E-state index in [-0.39, 0.29) is 17.6 Å². The van der Waals surface area contributed by atoms with E-state index in [1.807, 2.05) is 26.1 Å². The molecule has 4 heteroatoms. The molecule has 1 aromatic carbocycles. The van der Waals surface area contributed by atoms with Crippen molar-refractivity contribution in [2.24, 2.45) is 5.92 Å². The molecule has 0 saturated carbocycles. The van der Waals surface area contributed by atoms with E-state index in [1.165, 1.54) is 5.56 Å². The van der Waals surface area contributed by atoms with Crippen molar-refractivity contribution in [1.82, 2.24) is 10.2 Å². The van der Waals surface area contributed by atoms with Crippen LogP contribution >= 0.6 is 0 Å². The molecule has 0 radical (unpaired) electrons. The van der Waals surface area contributed by atoms with Crippen LogP contribution in [0.2, 0.25) is 0 Å². The van der Waals surface area contributed by atoms with Crippen LogP contribution in [0, 0.1) is 5.92 Å². The van der Waals surface area contributed by atoms with Crippen LogP contribution in [-0.4, -0.2) is 42.6 Å². The van der Waals surface area contributed by atoms with Crippen LogP contribution in [0.25, 0.3) is 0 Å². The number of likely N-dealkylation sites (N-methyl/N-ethyl adjacent to an activating group) is 1. The molecule has 106 valence electrons. The summed E-state index contributed by atoms with van der Waals surface area (Å²) in [5.74, 6) is 0.346. The van der Waals surface area contributed by atoms with Crippen molar-refractivity contribution in [3.63, 3.8) is 0 Å². The number of nitrogens with zero attached hydrogens (tertiary/aromatic N) is 1. The standard InChI is InChI=1S/C15H24N2O2/c1-11(15(19)16-3)10-17(4)12(2)9-13-5-7-14(18)8-6-13/h5-8,11-12,18H,9-10H2,1-4H3,(H,16,19). The second-order valence-corrected chi connectivity index (χ2v) is 5.17. The van der Waals surface area contributed by atoms with Gasteiger partial charge >= 0.3 is 0 Å². The first-order chi connectivity index (χ1) is 8.93. The Morgan fingerprint density at radius 2 is 1.89 bits per heavy atom. The van der Waals surface area contributed by atoms with Gasteiger partial charge in [-0.2, -0.15) is 0 Å². The molecule has 2 atom stereocenters. The van der Waals surface area contributed by atoms with E-state index in [4.69, 9.17) is 0 Å². The fourth-order valence-corrected chi connectivity index (χ4v) is 2.07. The summed E-state index contributed by atoms with van der Waals surface area (Å²) >= 11 is 0. The lowest BCUT2D eigenvalue weighted by atomic mass is 10.0. The normalized spacial score (nSPS) is 14.2. The first kappa shape index (κ1) is 15.5.